The van der Waals surface area contributed by atoms with Gasteiger partial charge in [0, 0.05) is 25.1 Å². The fourth-order valence-corrected chi connectivity index (χ4v) is 4.25. The number of benzene rings is 2. The fourth-order valence-electron chi connectivity index (χ4n) is 3.17. The molecule has 3 rings (SSSR count). The van der Waals surface area contributed by atoms with Gasteiger partial charge in [-0.25, -0.2) is 8.42 Å². The molecule has 0 bridgehead atoms. The number of hydrogen-bond donors (Lipinski definition) is 2. The van der Waals surface area contributed by atoms with E-state index in [1.54, 1.807) is 0 Å². The van der Waals surface area contributed by atoms with Crippen molar-refractivity contribution in [2.75, 3.05) is 24.3 Å². The molecule has 2 N–H and O–H groups in total. The van der Waals surface area contributed by atoms with E-state index in [-0.39, 0.29) is 34.4 Å². The molecule has 0 fully saturated rings. The van der Waals surface area contributed by atoms with Gasteiger partial charge in [-0.2, -0.15) is 0 Å². The van der Waals surface area contributed by atoms with Gasteiger partial charge in [0.2, 0.25) is 5.91 Å². The lowest BCUT2D eigenvalue weighted by Gasteiger charge is -2.17. The zero-order valence-corrected chi connectivity index (χ0v) is 16.5. The summed E-state index contributed by atoms with van der Waals surface area (Å²) in [6.07, 6.45) is 0.687. The van der Waals surface area contributed by atoms with Crippen LogP contribution in [-0.4, -0.2) is 34.3 Å². The van der Waals surface area contributed by atoms with E-state index in [4.69, 9.17) is 9.47 Å². The molecule has 1 amide bonds. The van der Waals surface area contributed by atoms with Crippen molar-refractivity contribution < 1.29 is 27.5 Å². The maximum Gasteiger partial charge on any atom is 0.261 e. The average Bonchev–Trinajstić information content (AvgIpc) is 3.03. The summed E-state index contributed by atoms with van der Waals surface area (Å²) in [5.41, 5.74) is 1.70. The predicted molar refractivity (Wildman–Crippen MR) is 104 cm³/mol. The number of Topliss-reactive ketones (excluding diaryl/α,β-unsaturated/α-hetero) is 1. The van der Waals surface area contributed by atoms with Crippen molar-refractivity contribution in [2.24, 2.45) is 0 Å². The van der Waals surface area contributed by atoms with Crippen molar-refractivity contribution in [3.8, 4) is 11.5 Å². The third kappa shape index (κ3) is 3.65. The van der Waals surface area contributed by atoms with Gasteiger partial charge in [0.15, 0.2) is 17.3 Å². The van der Waals surface area contributed by atoms with E-state index in [0.717, 1.165) is 0 Å². The summed E-state index contributed by atoms with van der Waals surface area (Å²) in [6.45, 7) is 1.37. The van der Waals surface area contributed by atoms with Crippen molar-refractivity contribution in [3.05, 3.63) is 41.5 Å². The van der Waals surface area contributed by atoms with Gasteiger partial charge >= 0.3 is 0 Å². The van der Waals surface area contributed by atoms with Crippen molar-refractivity contribution >= 4 is 33.1 Å². The zero-order valence-electron chi connectivity index (χ0n) is 15.7. The van der Waals surface area contributed by atoms with Crippen molar-refractivity contribution in [1.82, 2.24) is 0 Å². The van der Waals surface area contributed by atoms with E-state index in [1.165, 1.54) is 51.5 Å². The van der Waals surface area contributed by atoms with Crippen molar-refractivity contribution in [3.63, 3.8) is 0 Å². The molecule has 28 heavy (non-hydrogen) atoms. The molecule has 2 aromatic rings. The molecule has 1 aliphatic carbocycles. The number of sulfonamides is 1. The van der Waals surface area contributed by atoms with Crippen molar-refractivity contribution in [1.29, 1.82) is 0 Å². The van der Waals surface area contributed by atoms with Gasteiger partial charge in [0.1, 0.15) is 0 Å². The number of hydrogen-bond acceptors (Lipinski definition) is 6. The third-order valence-electron chi connectivity index (χ3n) is 4.39. The number of ether oxygens (including phenoxy) is 2. The highest BCUT2D eigenvalue weighted by molar-refractivity contribution is 7.92. The monoisotopic (exact) mass is 404 g/mol. The van der Waals surface area contributed by atoms with Crippen LogP contribution in [0.25, 0.3) is 0 Å². The Labute approximate surface area is 162 Å². The van der Waals surface area contributed by atoms with E-state index >= 15 is 0 Å². The highest BCUT2D eigenvalue weighted by atomic mass is 32.2. The fraction of sp³-hybridized carbons (Fsp3) is 0.263. The van der Waals surface area contributed by atoms with Crippen LogP contribution in [0.4, 0.5) is 11.4 Å². The van der Waals surface area contributed by atoms with Gasteiger partial charge < -0.3 is 14.8 Å². The lowest BCUT2D eigenvalue weighted by Crippen LogP contribution is -2.15. The Morgan fingerprint density at radius 1 is 1.07 bits per heavy atom. The molecule has 0 heterocycles. The molecular formula is C19H20N2O6S. The summed E-state index contributed by atoms with van der Waals surface area (Å²) in [6, 6.07) is 7.29. The molecule has 0 aromatic heterocycles. The first-order chi connectivity index (χ1) is 13.3. The Hall–Kier alpha value is -3.07. The van der Waals surface area contributed by atoms with Crippen LogP contribution >= 0.6 is 0 Å². The number of ketones is 1. The number of rotatable bonds is 6. The Kier molecular flexibility index (Phi) is 5.28. The lowest BCUT2D eigenvalue weighted by atomic mass is 10.1. The number of amides is 1. The highest BCUT2D eigenvalue weighted by Gasteiger charge is 2.31. The number of fused-ring (bicyclic) bond motifs is 1. The molecular weight excluding hydrogens is 384 g/mol. The minimum absolute atomic E-state index is 0.0226. The summed E-state index contributed by atoms with van der Waals surface area (Å²) < 4.78 is 38.7. The Morgan fingerprint density at radius 3 is 2.32 bits per heavy atom. The minimum Gasteiger partial charge on any atom is -0.493 e. The molecule has 8 nitrogen and oxygen atoms in total. The molecule has 0 atom stereocenters. The minimum atomic E-state index is -3.91. The Balaban J connectivity index is 1.99. The number of anilines is 2. The van der Waals surface area contributed by atoms with Gasteiger partial charge in [0.25, 0.3) is 10.0 Å². The van der Waals surface area contributed by atoms with Crippen LogP contribution in [-0.2, 0) is 21.2 Å². The maximum atomic E-state index is 12.8. The first-order valence-corrected chi connectivity index (χ1v) is 9.96. The average molecular weight is 404 g/mol. The molecule has 1 aliphatic rings. The summed E-state index contributed by atoms with van der Waals surface area (Å²) in [5.74, 6) is 0.211. The third-order valence-corrected chi connectivity index (χ3v) is 5.77. The van der Waals surface area contributed by atoms with Crippen LogP contribution in [0.5, 0.6) is 11.5 Å². The molecule has 0 saturated carbocycles. The first kappa shape index (κ1) is 19.7. The smallest absolute Gasteiger partial charge is 0.261 e. The number of methoxy groups -OCH3 is 2. The van der Waals surface area contributed by atoms with Crippen LogP contribution in [0.2, 0.25) is 0 Å². The SMILES string of the molecule is COc1cc(NS(=O)(=O)c2ccc(NC(C)=O)cc2)c2c(c1OC)C(=O)CC2. The van der Waals surface area contributed by atoms with Crippen molar-refractivity contribution in [2.45, 2.75) is 24.7 Å². The maximum absolute atomic E-state index is 12.8. The molecule has 9 heteroatoms. The number of carbonyl (C=O) groups is 2. The number of carbonyl (C=O) groups excluding carboxylic acids is 2. The summed E-state index contributed by atoms with van der Waals surface area (Å²) in [4.78, 5) is 23.4. The summed E-state index contributed by atoms with van der Waals surface area (Å²) in [5, 5.41) is 2.58. The van der Waals surface area contributed by atoms with Gasteiger partial charge in [-0.1, -0.05) is 0 Å². The quantitative estimate of drug-likeness (QED) is 0.766. The molecule has 0 unspecified atom stereocenters. The van der Waals surface area contributed by atoms with Gasteiger partial charge in [-0.15, -0.1) is 0 Å². The van der Waals surface area contributed by atoms with Crippen LogP contribution in [0.15, 0.2) is 35.2 Å². The largest absolute Gasteiger partial charge is 0.493 e. The van der Waals surface area contributed by atoms with Crippen LogP contribution < -0.4 is 19.5 Å². The first-order valence-electron chi connectivity index (χ1n) is 8.48. The second kappa shape index (κ2) is 7.51. The summed E-state index contributed by atoms with van der Waals surface area (Å²) in [7, 11) is -1.06. The molecule has 0 saturated heterocycles. The molecule has 0 radical (unpaired) electrons. The zero-order chi connectivity index (χ0) is 20.5. The summed E-state index contributed by atoms with van der Waals surface area (Å²) >= 11 is 0. The number of nitrogens with one attached hydrogen (secondary N) is 2. The van der Waals surface area contributed by atoms with Crippen LogP contribution in [0, 0.1) is 0 Å². The Bertz CT molecular complexity index is 1050. The van der Waals surface area contributed by atoms with E-state index in [1.807, 2.05) is 0 Å². The Morgan fingerprint density at radius 2 is 1.75 bits per heavy atom. The molecule has 0 spiro atoms. The van der Waals surface area contributed by atoms with Crippen LogP contribution in [0.3, 0.4) is 0 Å². The van der Waals surface area contributed by atoms with Gasteiger partial charge in [0.05, 0.1) is 30.4 Å². The second-order valence-electron chi connectivity index (χ2n) is 6.25. The molecule has 148 valence electrons. The van der Waals surface area contributed by atoms with E-state index in [9.17, 15) is 18.0 Å². The molecule has 0 aliphatic heterocycles. The van der Waals surface area contributed by atoms with Crippen LogP contribution in [0.1, 0.15) is 29.3 Å². The highest BCUT2D eigenvalue weighted by Crippen LogP contribution is 2.43. The van der Waals surface area contributed by atoms with Gasteiger partial charge in [-0.05, 0) is 36.2 Å². The topological polar surface area (TPSA) is 111 Å². The molecule has 2 aromatic carbocycles. The standard InChI is InChI=1S/C19H20N2O6S/c1-11(22)20-12-4-6-13(7-5-12)28(24,25)21-15-10-17(26-2)19(27-3)18-14(15)8-9-16(18)23/h4-7,10,21H,8-9H2,1-3H3,(H,20,22). The van der Waals surface area contributed by atoms with E-state index in [0.29, 0.717) is 29.0 Å². The normalized spacial score (nSPS) is 13.0. The lowest BCUT2D eigenvalue weighted by molar-refractivity contribution is -0.114. The van der Waals surface area contributed by atoms with E-state index in [2.05, 4.69) is 10.0 Å². The predicted octanol–water partition coefficient (Wildman–Crippen LogP) is 2.59. The van der Waals surface area contributed by atoms with Gasteiger partial charge in [-0.3, -0.25) is 14.3 Å². The second-order valence-corrected chi connectivity index (χ2v) is 7.93. The van der Waals surface area contributed by atoms with E-state index < -0.39 is 10.0 Å².